The maximum atomic E-state index is 14.0. The number of carbonyl (C=O) groups excluding carboxylic acids is 2. The number of tetrazole rings is 1. The molecule has 0 spiro atoms. The van der Waals surface area contributed by atoms with Crippen LogP contribution in [0.3, 0.4) is 0 Å². The van der Waals surface area contributed by atoms with Crippen LogP contribution in [0.25, 0.3) is 11.4 Å². The Bertz CT molecular complexity index is 1450. The van der Waals surface area contributed by atoms with Crippen LogP contribution in [0.2, 0.25) is 5.02 Å². The van der Waals surface area contributed by atoms with Gasteiger partial charge in [0.05, 0.1) is 7.11 Å². The van der Waals surface area contributed by atoms with Crippen LogP contribution in [0.1, 0.15) is 42.9 Å². The first-order valence-electron chi connectivity index (χ1n) is 13.3. The lowest BCUT2D eigenvalue weighted by Crippen LogP contribution is -2.47. The van der Waals surface area contributed by atoms with Crippen molar-refractivity contribution < 1.29 is 14.3 Å². The average Bonchev–Trinajstić information content (AvgIpc) is 3.65. The number of anilines is 1. The molecule has 1 heterocycles. The van der Waals surface area contributed by atoms with Crippen molar-refractivity contribution in [1.82, 2.24) is 25.5 Å². The predicted octanol–water partition coefficient (Wildman–Crippen LogP) is 5.14. The summed E-state index contributed by atoms with van der Waals surface area (Å²) in [5.74, 6) is 0.421. The minimum absolute atomic E-state index is 0.0900. The lowest BCUT2D eigenvalue weighted by Gasteiger charge is -2.32. The number of hydrogen-bond acceptors (Lipinski definition) is 6. The molecule has 2 amide bonds. The smallest absolute Gasteiger partial charge is 0.251 e. The van der Waals surface area contributed by atoms with E-state index in [1.165, 1.54) is 9.70 Å². The van der Waals surface area contributed by atoms with E-state index in [1.54, 1.807) is 55.6 Å². The average molecular weight is 559 g/mol. The third-order valence-electron chi connectivity index (χ3n) is 7.05. The van der Waals surface area contributed by atoms with Crippen LogP contribution < -0.4 is 15.0 Å². The highest BCUT2D eigenvalue weighted by molar-refractivity contribution is 6.30. The third kappa shape index (κ3) is 6.31. The van der Waals surface area contributed by atoms with E-state index in [2.05, 4.69) is 20.7 Å². The van der Waals surface area contributed by atoms with Gasteiger partial charge in [-0.05, 0) is 79.1 Å². The van der Waals surface area contributed by atoms with Gasteiger partial charge in [-0.15, -0.1) is 10.2 Å². The van der Waals surface area contributed by atoms with Crippen molar-refractivity contribution in [3.8, 4) is 17.1 Å². The third-order valence-corrected chi connectivity index (χ3v) is 7.30. The molecule has 1 aromatic heterocycles. The van der Waals surface area contributed by atoms with Crippen LogP contribution >= 0.6 is 11.6 Å². The number of methoxy groups -OCH3 is 1. The van der Waals surface area contributed by atoms with Gasteiger partial charge in [-0.1, -0.05) is 54.3 Å². The van der Waals surface area contributed by atoms with Crippen molar-refractivity contribution in [3.05, 3.63) is 88.9 Å². The molecule has 1 saturated carbocycles. The second-order valence-electron chi connectivity index (χ2n) is 9.92. The molecule has 10 heteroatoms. The first-order chi connectivity index (χ1) is 19.4. The van der Waals surface area contributed by atoms with Crippen LogP contribution in [0, 0.1) is 6.92 Å². The Morgan fingerprint density at radius 2 is 1.70 bits per heavy atom. The molecule has 0 bridgehead atoms. The molecule has 0 radical (unpaired) electrons. The van der Waals surface area contributed by atoms with Gasteiger partial charge in [-0.3, -0.25) is 14.5 Å². The fraction of sp³-hybridized carbons (Fsp3) is 0.300. The quantitative estimate of drug-likeness (QED) is 0.305. The van der Waals surface area contributed by atoms with Gasteiger partial charge in [-0.25, -0.2) is 0 Å². The topological polar surface area (TPSA) is 102 Å². The number of hydrogen-bond donors (Lipinski definition) is 1. The van der Waals surface area contributed by atoms with Crippen LogP contribution in [0.5, 0.6) is 5.75 Å². The molecule has 9 nitrogen and oxygen atoms in total. The molecule has 1 aliphatic carbocycles. The Balaban J connectivity index is 1.50. The molecule has 0 aliphatic heterocycles. The monoisotopic (exact) mass is 558 g/mol. The Kier molecular flexibility index (Phi) is 8.40. The van der Waals surface area contributed by atoms with E-state index < -0.39 is 6.04 Å². The number of carbonyl (C=O) groups is 2. The van der Waals surface area contributed by atoms with E-state index >= 15 is 0 Å². The van der Waals surface area contributed by atoms with Crippen molar-refractivity contribution in [2.45, 2.75) is 51.2 Å². The van der Waals surface area contributed by atoms with Gasteiger partial charge < -0.3 is 10.1 Å². The van der Waals surface area contributed by atoms with E-state index in [9.17, 15) is 9.59 Å². The van der Waals surface area contributed by atoms with Gasteiger partial charge in [0.2, 0.25) is 11.7 Å². The highest BCUT2D eigenvalue weighted by Gasteiger charge is 2.34. The van der Waals surface area contributed by atoms with Crippen molar-refractivity contribution in [2.24, 2.45) is 0 Å². The van der Waals surface area contributed by atoms with E-state index in [-0.39, 0.29) is 24.4 Å². The lowest BCUT2D eigenvalue weighted by molar-refractivity contribution is -0.127. The molecule has 3 aromatic carbocycles. The second-order valence-corrected chi connectivity index (χ2v) is 10.4. The number of benzene rings is 3. The zero-order valence-electron chi connectivity index (χ0n) is 22.5. The Labute approximate surface area is 238 Å². The number of aryl methyl sites for hydroxylation is 1. The molecule has 4 aromatic rings. The van der Waals surface area contributed by atoms with Gasteiger partial charge in [0.1, 0.15) is 18.3 Å². The Hall–Kier alpha value is -4.24. The normalized spacial score (nSPS) is 14.1. The fourth-order valence-corrected chi connectivity index (χ4v) is 5.04. The SMILES string of the molecule is COc1ccc(N(C(=O)Cn2nnc(-c3ccc(Cl)cc3)n2)C(C(=O)NC2CCCC2)c2ccc(C)cc2)cc1. The molecule has 1 fully saturated rings. The van der Waals surface area contributed by atoms with Gasteiger partial charge in [0, 0.05) is 22.3 Å². The van der Waals surface area contributed by atoms with E-state index in [4.69, 9.17) is 16.3 Å². The lowest BCUT2D eigenvalue weighted by atomic mass is 10.0. The second kappa shape index (κ2) is 12.3. The summed E-state index contributed by atoms with van der Waals surface area (Å²) in [6, 6.07) is 21.0. The zero-order valence-corrected chi connectivity index (χ0v) is 23.2. The maximum absolute atomic E-state index is 14.0. The standard InChI is InChI=1S/C30H31ClN6O3/c1-20-7-9-21(10-8-20)28(30(39)32-24-5-3-4-6-24)37(25-15-17-26(40-2)18-16-25)27(38)19-36-34-29(33-35-36)22-11-13-23(31)14-12-22/h7-18,24,28H,3-6,19H2,1-2H3,(H,32,39). The van der Waals surface area contributed by atoms with Crippen molar-refractivity contribution in [3.63, 3.8) is 0 Å². The minimum atomic E-state index is -0.902. The molecule has 206 valence electrons. The largest absolute Gasteiger partial charge is 0.497 e. The van der Waals surface area contributed by atoms with Gasteiger partial charge in [0.25, 0.3) is 5.91 Å². The molecule has 1 atom stereocenters. The highest BCUT2D eigenvalue weighted by atomic mass is 35.5. The first kappa shape index (κ1) is 27.3. The molecule has 0 saturated heterocycles. The molecular weight excluding hydrogens is 528 g/mol. The molecule has 40 heavy (non-hydrogen) atoms. The number of aromatic nitrogens is 4. The maximum Gasteiger partial charge on any atom is 0.251 e. The summed E-state index contributed by atoms with van der Waals surface area (Å²) in [6.45, 7) is 1.77. The summed E-state index contributed by atoms with van der Waals surface area (Å²) < 4.78 is 5.33. The van der Waals surface area contributed by atoms with E-state index in [0.717, 1.165) is 36.8 Å². The van der Waals surface area contributed by atoms with Crippen LogP contribution in [0.15, 0.2) is 72.8 Å². The van der Waals surface area contributed by atoms with Gasteiger partial charge in [-0.2, -0.15) is 4.80 Å². The number of rotatable bonds is 9. The number of amides is 2. The zero-order chi connectivity index (χ0) is 28.1. The minimum Gasteiger partial charge on any atom is -0.497 e. The molecule has 1 aliphatic rings. The van der Waals surface area contributed by atoms with Crippen LogP contribution in [-0.2, 0) is 16.1 Å². The predicted molar refractivity (Wildman–Crippen MR) is 153 cm³/mol. The van der Waals surface area contributed by atoms with E-state index in [0.29, 0.717) is 27.8 Å². The van der Waals surface area contributed by atoms with Crippen molar-refractivity contribution in [2.75, 3.05) is 12.0 Å². The van der Waals surface area contributed by atoms with Crippen LogP contribution in [0.4, 0.5) is 5.69 Å². The Morgan fingerprint density at radius 3 is 2.35 bits per heavy atom. The summed E-state index contributed by atoms with van der Waals surface area (Å²) in [6.07, 6.45) is 4.02. The number of halogens is 1. The Morgan fingerprint density at radius 1 is 1.02 bits per heavy atom. The highest BCUT2D eigenvalue weighted by Crippen LogP contribution is 2.31. The fourth-order valence-electron chi connectivity index (χ4n) is 4.92. The van der Waals surface area contributed by atoms with Crippen molar-refractivity contribution >= 4 is 29.1 Å². The first-order valence-corrected chi connectivity index (χ1v) is 13.7. The molecule has 1 unspecified atom stereocenters. The molecular formula is C30H31ClN6O3. The van der Waals surface area contributed by atoms with Gasteiger partial charge in [0.15, 0.2) is 0 Å². The number of ether oxygens (including phenoxy) is 1. The van der Waals surface area contributed by atoms with Gasteiger partial charge >= 0.3 is 0 Å². The van der Waals surface area contributed by atoms with Crippen molar-refractivity contribution in [1.29, 1.82) is 0 Å². The molecule has 5 rings (SSSR count). The molecule has 1 N–H and O–H groups in total. The number of nitrogens with one attached hydrogen (secondary N) is 1. The summed E-state index contributed by atoms with van der Waals surface area (Å²) in [4.78, 5) is 30.7. The van der Waals surface area contributed by atoms with Crippen LogP contribution in [-0.4, -0.2) is 45.2 Å². The summed E-state index contributed by atoms with van der Waals surface area (Å²) in [7, 11) is 1.58. The summed E-state index contributed by atoms with van der Waals surface area (Å²) in [5, 5.41) is 16.4. The summed E-state index contributed by atoms with van der Waals surface area (Å²) >= 11 is 6.00. The van der Waals surface area contributed by atoms with E-state index in [1.807, 2.05) is 31.2 Å². The number of nitrogens with zero attached hydrogens (tertiary/aromatic N) is 5. The summed E-state index contributed by atoms with van der Waals surface area (Å²) in [5.41, 5.74) is 3.04.